The molecule has 0 radical (unpaired) electrons. The number of anilines is 1. The van der Waals surface area contributed by atoms with Gasteiger partial charge in [-0.25, -0.2) is 4.99 Å². The first-order chi connectivity index (χ1) is 6.93. The summed E-state index contributed by atoms with van der Waals surface area (Å²) in [4.78, 5) is 12.2. The van der Waals surface area contributed by atoms with Crippen molar-refractivity contribution < 1.29 is 10.3 Å². The summed E-state index contributed by atoms with van der Waals surface area (Å²) in [5, 5.41) is 13.6. The van der Waals surface area contributed by atoms with Gasteiger partial charge in [-0.05, 0) is 12.1 Å². The molecule has 0 aliphatic heterocycles. The van der Waals surface area contributed by atoms with E-state index in [-0.39, 0.29) is 5.96 Å². The van der Waals surface area contributed by atoms with Crippen LogP contribution in [0.2, 0.25) is 0 Å². The van der Waals surface area contributed by atoms with E-state index in [4.69, 9.17) is 32.5 Å². The first-order valence-electron chi connectivity index (χ1n) is 3.71. The predicted molar refractivity (Wildman–Crippen MR) is 55.1 cm³/mol. The number of nitrogen functional groups attached to an aromatic ring is 1. The highest BCUT2D eigenvalue weighted by molar-refractivity contribution is 5.81. The standard InChI is InChI=1S/C7H10N4.HNO3/c8-5-3-1-2-4-6(5)11-7(9)10;2-1(3)4/h1-4H,8H2,(H4,9,10,11);(H,2,3,4). The molecule has 0 saturated heterocycles. The third kappa shape index (κ3) is 6.63. The Labute approximate surface area is 85.1 Å². The van der Waals surface area contributed by atoms with E-state index in [0.717, 1.165) is 0 Å². The summed E-state index contributed by atoms with van der Waals surface area (Å²) in [6.07, 6.45) is 0. The number of rotatable bonds is 1. The lowest BCUT2D eigenvalue weighted by Crippen LogP contribution is -2.22. The predicted octanol–water partition coefficient (Wildman–Crippen LogP) is -0.174. The van der Waals surface area contributed by atoms with Crippen molar-refractivity contribution in [3.05, 3.63) is 34.4 Å². The Bertz CT molecular complexity index is 357. The van der Waals surface area contributed by atoms with Crippen LogP contribution in [0.1, 0.15) is 0 Å². The molecule has 1 aromatic carbocycles. The van der Waals surface area contributed by atoms with Gasteiger partial charge in [-0.15, -0.1) is 10.1 Å². The maximum absolute atomic E-state index is 8.36. The van der Waals surface area contributed by atoms with Crippen molar-refractivity contribution in [2.75, 3.05) is 5.73 Å². The molecule has 7 N–H and O–H groups in total. The second-order valence-electron chi connectivity index (χ2n) is 2.33. The van der Waals surface area contributed by atoms with Crippen molar-refractivity contribution in [1.29, 1.82) is 0 Å². The second kappa shape index (κ2) is 6.02. The van der Waals surface area contributed by atoms with Gasteiger partial charge in [0.05, 0.1) is 11.4 Å². The maximum atomic E-state index is 8.36. The minimum atomic E-state index is -1.50. The number of nitrogens with zero attached hydrogens (tertiary/aromatic N) is 2. The molecule has 0 aliphatic rings. The molecule has 15 heavy (non-hydrogen) atoms. The zero-order valence-corrected chi connectivity index (χ0v) is 7.70. The third-order valence-corrected chi connectivity index (χ3v) is 1.19. The molecular weight excluding hydrogens is 202 g/mol. The highest BCUT2D eigenvalue weighted by atomic mass is 16.9. The number of aliphatic imine (C=N–C) groups is 1. The zero-order chi connectivity index (χ0) is 11.8. The molecular formula is C7H11N5O3. The van der Waals surface area contributed by atoms with Crippen molar-refractivity contribution in [2.24, 2.45) is 16.5 Å². The average molecular weight is 213 g/mol. The first-order valence-corrected chi connectivity index (χ1v) is 3.71. The van der Waals surface area contributed by atoms with Crippen LogP contribution in [-0.4, -0.2) is 16.3 Å². The van der Waals surface area contributed by atoms with Crippen LogP contribution >= 0.6 is 0 Å². The SMILES string of the molecule is NC(N)=Nc1ccccc1N.O=[N+]([O-])O. The Morgan fingerprint density at radius 2 is 1.87 bits per heavy atom. The van der Waals surface area contributed by atoms with E-state index in [1.807, 2.05) is 12.1 Å². The summed E-state index contributed by atoms with van der Waals surface area (Å²) in [5.41, 5.74) is 17.1. The molecule has 8 nitrogen and oxygen atoms in total. The van der Waals surface area contributed by atoms with E-state index >= 15 is 0 Å². The number of guanidine groups is 1. The number of nitrogens with two attached hydrogens (primary N) is 3. The summed E-state index contributed by atoms with van der Waals surface area (Å²) in [7, 11) is 0. The molecule has 0 aromatic heterocycles. The highest BCUT2D eigenvalue weighted by Crippen LogP contribution is 2.19. The van der Waals surface area contributed by atoms with E-state index in [1.54, 1.807) is 12.1 Å². The Morgan fingerprint density at radius 3 is 2.27 bits per heavy atom. The van der Waals surface area contributed by atoms with Gasteiger partial charge in [0.25, 0.3) is 5.09 Å². The molecule has 0 saturated carbocycles. The van der Waals surface area contributed by atoms with E-state index < -0.39 is 5.09 Å². The van der Waals surface area contributed by atoms with E-state index in [2.05, 4.69) is 4.99 Å². The normalized spacial score (nSPS) is 8.27. The first kappa shape index (κ1) is 12.5. The minimum absolute atomic E-state index is 0.0166. The van der Waals surface area contributed by atoms with Gasteiger partial charge in [-0.2, -0.15) is 0 Å². The van der Waals surface area contributed by atoms with E-state index in [0.29, 0.717) is 11.4 Å². The van der Waals surface area contributed by atoms with Gasteiger partial charge in [0.2, 0.25) is 0 Å². The maximum Gasteiger partial charge on any atom is 0.291 e. The molecule has 0 unspecified atom stereocenters. The average Bonchev–Trinajstić information content (AvgIpc) is 2.07. The molecule has 0 spiro atoms. The van der Waals surface area contributed by atoms with Crippen LogP contribution in [0, 0.1) is 10.1 Å². The Hall–Kier alpha value is -2.51. The largest absolute Gasteiger partial charge is 0.397 e. The van der Waals surface area contributed by atoms with Gasteiger partial charge in [0, 0.05) is 0 Å². The molecule has 82 valence electrons. The van der Waals surface area contributed by atoms with Crippen LogP contribution in [0.15, 0.2) is 29.3 Å². The van der Waals surface area contributed by atoms with Crippen LogP contribution in [0.25, 0.3) is 0 Å². The van der Waals surface area contributed by atoms with Gasteiger partial charge in [-0.3, -0.25) is 0 Å². The molecule has 0 atom stereocenters. The number of hydrogen-bond acceptors (Lipinski definition) is 4. The lowest BCUT2D eigenvalue weighted by molar-refractivity contribution is -0.742. The van der Waals surface area contributed by atoms with Crippen molar-refractivity contribution in [1.82, 2.24) is 0 Å². The topological polar surface area (TPSA) is 154 Å². The van der Waals surface area contributed by atoms with Crippen LogP contribution < -0.4 is 17.2 Å². The quantitative estimate of drug-likeness (QED) is 0.167. The van der Waals surface area contributed by atoms with Crippen molar-refractivity contribution >= 4 is 17.3 Å². The highest BCUT2D eigenvalue weighted by Gasteiger charge is 1.93. The molecule has 0 amide bonds. The fourth-order valence-electron chi connectivity index (χ4n) is 0.728. The fourth-order valence-corrected chi connectivity index (χ4v) is 0.728. The lowest BCUT2D eigenvalue weighted by atomic mass is 10.3. The number of benzene rings is 1. The van der Waals surface area contributed by atoms with Gasteiger partial charge in [0.15, 0.2) is 5.96 Å². The summed E-state index contributed by atoms with van der Waals surface area (Å²) in [5.74, 6) is 0.0166. The fraction of sp³-hybridized carbons (Fsp3) is 0. The third-order valence-electron chi connectivity index (χ3n) is 1.19. The van der Waals surface area contributed by atoms with E-state index in [1.165, 1.54) is 0 Å². The smallest absolute Gasteiger partial charge is 0.291 e. The van der Waals surface area contributed by atoms with Crippen molar-refractivity contribution in [3.63, 3.8) is 0 Å². The molecule has 0 aliphatic carbocycles. The minimum Gasteiger partial charge on any atom is -0.397 e. The lowest BCUT2D eigenvalue weighted by Gasteiger charge is -1.97. The molecule has 0 bridgehead atoms. The molecule has 0 heterocycles. The van der Waals surface area contributed by atoms with E-state index in [9.17, 15) is 0 Å². The molecule has 1 rings (SSSR count). The summed E-state index contributed by atoms with van der Waals surface area (Å²) in [6.45, 7) is 0. The van der Waals surface area contributed by atoms with Gasteiger partial charge in [-0.1, -0.05) is 12.1 Å². The van der Waals surface area contributed by atoms with Crippen LogP contribution in [0.3, 0.4) is 0 Å². The molecule has 1 aromatic rings. The number of para-hydroxylation sites is 2. The summed E-state index contributed by atoms with van der Waals surface area (Å²) >= 11 is 0. The monoisotopic (exact) mass is 213 g/mol. The molecule has 0 fully saturated rings. The van der Waals surface area contributed by atoms with Crippen LogP contribution in [0.5, 0.6) is 0 Å². The van der Waals surface area contributed by atoms with Crippen LogP contribution in [-0.2, 0) is 0 Å². The summed E-state index contributed by atoms with van der Waals surface area (Å²) < 4.78 is 0. The van der Waals surface area contributed by atoms with Gasteiger partial charge in [0.1, 0.15) is 0 Å². The summed E-state index contributed by atoms with van der Waals surface area (Å²) in [6, 6.07) is 7.12. The van der Waals surface area contributed by atoms with Gasteiger partial charge >= 0.3 is 0 Å². The zero-order valence-electron chi connectivity index (χ0n) is 7.70. The van der Waals surface area contributed by atoms with Crippen molar-refractivity contribution in [3.8, 4) is 0 Å². The Morgan fingerprint density at radius 1 is 1.40 bits per heavy atom. The number of hydrogen-bond donors (Lipinski definition) is 4. The van der Waals surface area contributed by atoms with Gasteiger partial charge < -0.3 is 22.4 Å². The second-order valence-corrected chi connectivity index (χ2v) is 2.33. The molecule has 8 heteroatoms. The van der Waals surface area contributed by atoms with Crippen molar-refractivity contribution in [2.45, 2.75) is 0 Å². The Kier molecular flexibility index (Phi) is 5.01. The van der Waals surface area contributed by atoms with Crippen LogP contribution in [0.4, 0.5) is 11.4 Å². The Balaban J connectivity index is 0.000000423.